The number of carbonyl (C=O) groups excluding carboxylic acids is 2. The van der Waals surface area contributed by atoms with Crippen molar-refractivity contribution < 1.29 is 14.3 Å². The molecule has 0 aliphatic carbocycles. The normalized spacial score (nSPS) is 14.7. The van der Waals surface area contributed by atoms with E-state index >= 15 is 0 Å². The smallest absolute Gasteiger partial charge is 0.338 e. The Morgan fingerprint density at radius 1 is 1.38 bits per heavy atom. The molecule has 0 spiro atoms. The van der Waals surface area contributed by atoms with Gasteiger partial charge in [0.2, 0.25) is 0 Å². The van der Waals surface area contributed by atoms with E-state index in [9.17, 15) is 9.59 Å². The number of ketones is 1. The number of ether oxygens (including phenoxy) is 1. The monoisotopic (exact) mass is 289 g/mol. The molecule has 0 bridgehead atoms. The highest BCUT2D eigenvalue weighted by Gasteiger charge is 2.24. The number of rotatable bonds is 4. The van der Waals surface area contributed by atoms with Gasteiger partial charge in [0.25, 0.3) is 0 Å². The molecular weight excluding hydrogens is 270 g/mol. The predicted molar refractivity (Wildman–Crippen MR) is 78.9 cm³/mol. The zero-order valence-electron chi connectivity index (χ0n) is 12.5. The molecule has 0 N–H and O–H groups in total. The number of aromatic nitrogens is 1. The topological polar surface area (TPSA) is 62.7 Å². The van der Waals surface area contributed by atoms with Crippen molar-refractivity contribution >= 4 is 17.6 Å². The second kappa shape index (κ2) is 6.39. The maximum atomic E-state index is 12.1. The maximum Gasteiger partial charge on any atom is 0.338 e. The second-order valence-electron chi connectivity index (χ2n) is 4.82. The van der Waals surface area contributed by atoms with Crippen LogP contribution in [0, 0.1) is 0 Å². The van der Waals surface area contributed by atoms with Crippen LogP contribution in [0.1, 0.15) is 23.7 Å². The number of carbonyl (C=O) groups is 2. The zero-order valence-corrected chi connectivity index (χ0v) is 12.5. The summed E-state index contributed by atoms with van der Waals surface area (Å²) in [5.41, 5.74) is 1.02. The third kappa shape index (κ3) is 3.21. The minimum absolute atomic E-state index is 0.0480. The van der Waals surface area contributed by atoms with E-state index in [2.05, 4.69) is 4.98 Å². The molecule has 112 valence electrons. The van der Waals surface area contributed by atoms with Crippen LogP contribution in [0.2, 0.25) is 0 Å². The molecule has 1 aliphatic rings. The summed E-state index contributed by atoms with van der Waals surface area (Å²) in [5, 5.41) is 0. The number of nitrogens with zero attached hydrogens (tertiary/aromatic N) is 3. The van der Waals surface area contributed by atoms with Gasteiger partial charge in [-0.25, -0.2) is 9.78 Å². The summed E-state index contributed by atoms with van der Waals surface area (Å²) in [6, 6.07) is 3.24. The highest BCUT2D eigenvalue weighted by Crippen LogP contribution is 2.22. The van der Waals surface area contributed by atoms with E-state index in [0.717, 1.165) is 6.54 Å². The van der Waals surface area contributed by atoms with Gasteiger partial charge in [0.05, 0.1) is 12.7 Å². The van der Waals surface area contributed by atoms with Gasteiger partial charge in [-0.2, -0.15) is 0 Å². The van der Waals surface area contributed by atoms with Crippen molar-refractivity contribution in [2.45, 2.75) is 13.3 Å². The number of pyridine rings is 1. The van der Waals surface area contributed by atoms with Crippen LogP contribution >= 0.6 is 0 Å². The summed E-state index contributed by atoms with van der Waals surface area (Å²) in [7, 11) is 3.27. The largest absolute Gasteiger partial charge is 0.465 e. The minimum Gasteiger partial charge on any atom is -0.465 e. The Bertz CT molecular complexity index is 583. The van der Waals surface area contributed by atoms with E-state index in [1.54, 1.807) is 18.3 Å². The fourth-order valence-corrected chi connectivity index (χ4v) is 2.17. The lowest BCUT2D eigenvalue weighted by Crippen LogP contribution is -2.39. The van der Waals surface area contributed by atoms with E-state index in [4.69, 9.17) is 4.74 Å². The van der Waals surface area contributed by atoms with Gasteiger partial charge < -0.3 is 14.5 Å². The van der Waals surface area contributed by atoms with Crippen LogP contribution in [-0.4, -0.2) is 48.9 Å². The summed E-state index contributed by atoms with van der Waals surface area (Å²) in [4.78, 5) is 31.8. The molecule has 6 heteroatoms. The Balaban J connectivity index is 2.37. The van der Waals surface area contributed by atoms with Crippen LogP contribution < -0.4 is 4.90 Å². The van der Waals surface area contributed by atoms with Crippen molar-refractivity contribution in [3.8, 4) is 0 Å². The van der Waals surface area contributed by atoms with Gasteiger partial charge >= 0.3 is 5.97 Å². The van der Waals surface area contributed by atoms with Gasteiger partial charge in [-0.1, -0.05) is 6.92 Å². The lowest BCUT2D eigenvalue weighted by Gasteiger charge is -2.33. The molecule has 0 unspecified atom stereocenters. The molecule has 0 amide bonds. The number of likely N-dealkylation sites (N-methyl/N-ethyl adjacent to an activating group) is 1. The summed E-state index contributed by atoms with van der Waals surface area (Å²) >= 11 is 0. The quantitative estimate of drug-likeness (QED) is 0.782. The van der Waals surface area contributed by atoms with E-state index in [-0.39, 0.29) is 5.78 Å². The molecule has 1 aliphatic heterocycles. The fourth-order valence-electron chi connectivity index (χ4n) is 2.17. The molecule has 0 radical (unpaired) electrons. The summed E-state index contributed by atoms with van der Waals surface area (Å²) in [6.45, 7) is 3.25. The van der Waals surface area contributed by atoms with Crippen molar-refractivity contribution in [1.82, 2.24) is 9.88 Å². The molecule has 21 heavy (non-hydrogen) atoms. The average molecular weight is 289 g/mol. The Morgan fingerprint density at radius 3 is 2.81 bits per heavy atom. The van der Waals surface area contributed by atoms with Gasteiger partial charge in [0.1, 0.15) is 11.5 Å². The van der Waals surface area contributed by atoms with Crippen LogP contribution in [0.3, 0.4) is 0 Å². The average Bonchev–Trinajstić information content (AvgIpc) is 2.53. The first-order chi connectivity index (χ1) is 10.1. The number of allylic oxidation sites excluding steroid dienone is 1. The molecule has 2 rings (SSSR count). The highest BCUT2D eigenvalue weighted by atomic mass is 16.5. The number of hydrogen-bond acceptors (Lipinski definition) is 6. The third-order valence-corrected chi connectivity index (χ3v) is 3.36. The van der Waals surface area contributed by atoms with Crippen molar-refractivity contribution in [2.24, 2.45) is 0 Å². The van der Waals surface area contributed by atoms with Gasteiger partial charge in [0, 0.05) is 39.0 Å². The first kappa shape index (κ1) is 15.0. The lowest BCUT2D eigenvalue weighted by atomic mass is 10.1. The molecule has 0 aromatic carbocycles. The fraction of sp³-hybridized carbons (Fsp3) is 0.400. The van der Waals surface area contributed by atoms with Crippen LogP contribution in [0.15, 0.2) is 30.2 Å². The SMILES string of the molecule is CCC(=O)C1=CN(C)CCN1c1cc(C(=O)OC)ccn1. The predicted octanol–water partition coefficient (Wildman–Crippen LogP) is 1.44. The number of Topliss-reactive ketones (excluding diaryl/α,β-unsaturated/α-hetero) is 1. The number of anilines is 1. The Labute approximate surface area is 124 Å². The molecule has 6 nitrogen and oxygen atoms in total. The van der Waals surface area contributed by atoms with E-state index in [0.29, 0.717) is 30.0 Å². The van der Waals surface area contributed by atoms with Gasteiger partial charge in [-0.15, -0.1) is 0 Å². The highest BCUT2D eigenvalue weighted by molar-refractivity contribution is 5.99. The molecule has 0 fully saturated rings. The summed E-state index contributed by atoms with van der Waals surface area (Å²) in [6.07, 6.45) is 3.79. The standard InChI is InChI=1S/C15H19N3O3/c1-4-13(19)12-10-17(2)7-8-18(12)14-9-11(5-6-16-14)15(20)21-3/h5-6,9-10H,4,7-8H2,1-3H3. The molecule has 0 atom stereocenters. The first-order valence-electron chi connectivity index (χ1n) is 6.84. The Hall–Kier alpha value is -2.37. The van der Waals surface area contributed by atoms with Gasteiger partial charge in [0.15, 0.2) is 5.78 Å². The third-order valence-electron chi connectivity index (χ3n) is 3.36. The molecular formula is C15H19N3O3. The number of hydrogen-bond donors (Lipinski definition) is 0. The number of esters is 1. The van der Waals surface area contributed by atoms with Crippen molar-refractivity contribution in [2.75, 3.05) is 32.1 Å². The number of methoxy groups -OCH3 is 1. The second-order valence-corrected chi connectivity index (χ2v) is 4.82. The van der Waals surface area contributed by atoms with Gasteiger partial charge in [-0.05, 0) is 12.1 Å². The van der Waals surface area contributed by atoms with Crippen molar-refractivity contribution in [3.63, 3.8) is 0 Å². The minimum atomic E-state index is -0.417. The summed E-state index contributed by atoms with van der Waals surface area (Å²) in [5.74, 6) is 0.214. The van der Waals surface area contributed by atoms with Crippen LogP contribution in [0.4, 0.5) is 5.82 Å². The van der Waals surface area contributed by atoms with E-state index in [1.807, 2.05) is 30.0 Å². The molecule has 2 heterocycles. The van der Waals surface area contributed by atoms with Crippen LogP contribution in [0.5, 0.6) is 0 Å². The molecule has 0 saturated heterocycles. The maximum absolute atomic E-state index is 12.1. The van der Waals surface area contributed by atoms with Gasteiger partial charge in [-0.3, -0.25) is 4.79 Å². The lowest BCUT2D eigenvalue weighted by molar-refractivity contribution is -0.115. The van der Waals surface area contributed by atoms with Crippen LogP contribution in [-0.2, 0) is 9.53 Å². The van der Waals surface area contributed by atoms with Crippen molar-refractivity contribution in [1.29, 1.82) is 0 Å². The first-order valence-corrected chi connectivity index (χ1v) is 6.84. The molecule has 0 saturated carbocycles. The summed E-state index contributed by atoms with van der Waals surface area (Å²) < 4.78 is 4.72. The van der Waals surface area contributed by atoms with Crippen molar-refractivity contribution in [3.05, 3.63) is 35.8 Å². The Morgan fingerprint density at radius 2 is 2.14 bits per heavy atom. The van der Waals surface area contributed by atoms with Crippen LogP contribution in [0.25, 0.3) is 0 Å². The Kier molecular flexibility index (Phi) is 4.57. The molecule has 1 aromatic rings. The zero-order chi connectivity index (χ0) is 15.4. The van der Waals surface area contributed by atoms with E-state index < -0.39 is 5.97 Å². The molecule has 1 aromatic heterocycles. The van der Waals surface area contributed by atoms with E-state index in [1.165, 1.54) is 7.11 Å².